The minimum atomic E-state index is -0.254. The maximum Gasteiger partial charge on any atom is 0.320 e. The lowest BCUT2D eigenvalue weighted by molar-refractivity contribution is -0.151. The predicted molar refractivity (Wildman–Crippen MR) is 81.4 cm³/mol. The second kappa shape index (κ2) is 7.65. The molecule has 0 saturated heterocycles. The van der Waals surface area contributed by atoms with Gasteiger partial charge in [-0.1, -0.05) is 53.2 Å². The molecule has 19 heavy (non-hydrogen) atoms. The van der Waals surface area contributed by atoms with Crippen molar-refractivity contribution >= 4 is 21.9 Å². The van der Waals surface area contributed by atoms with Crippen LogP contribution >= 0.6 is 15.9 Å². The van der Waals surface area contributed by atoms with Crippen molar-refractivity contribution in [1.82, 2.24) is 4.90 Å². The van der Waals surface area contributed by atoms with E-state index < -0.39 is 0 Å². The first kappa shape index (κ1) is 16.2. The Kier molecular flexibility index (Phi) is 6.52. The van der Waals surface area contributed by atoms with Crippen molar-refractivity contribution in [2.45, 2.75) is 37.2 Å². The van der Waals surface area contributed by atoms with Crippen LogP contribution in [-0.2, 0) is 9.53 Å². The van der Waals surface area contributed by atoms with Gasteiger partial charge in [0.25, 0.3) is 0 Å². The molecular weight excluding hydrogens is 306 g/mol. The van der Waals surface area contributed by atoms with E-state index in [4.69, 9.17) is 4.74 Å². The summed E-state index contributed by atoms with van der Waals surface area (Å²) in [5.41, 5.74) is 1.02. The summed E-state index contributed by atoms with van der Waals surface area (Å²) in [6.45, 7) is 4.01. The Hall–Kier alpha value is -0.870. The summed E-state index contributed by atoms with van der Waals surface area (Å²) in [7, 11) is 3.97. The van der Waals surface area contributed by atoms with Crippen molar-refractivity contribution in [1.29, 1.82) is 0 Å². The fourth-order valence-corrected chi connectivity index (χ4v) is 1.83. The van der Waals surface area contributed by atoms with Crippen molar-refractivity contribution in [3.05, 3.63) is 35.9 Å². The smallest absolute Gasteiger partial charge is 0.320 e. The highest BCUT2D eigenvalue weighted by Gasteiger charge is 2.27. The molecular formula is C15H22BrNO2. The van der Waals surface area contributed by atoms with Crippen molar-refractivity contribution in [2.24, 2.45) is 0 Å². The number of benzene rings is 1. The lowest BCUT2D eigenvalue weighted by Crippen LogP contribution is -2.35. The van der Waals surface area contributed by atoms with Crippen LogP contribution in [0.15, 0.2) is 30.3 Å². The molecule has 1 rings (SSSR count). The van der Waals surface area contributed by atoms with E-state index in [1.807, 2.05) is 51.4 Å². The van der Waals surface area contributed by atoms with Gasteiger partial charge < -0.3 is 9.64 Å². The molecule has 1 unspecified atom stereocenters. The first-order valence-electron chi connectivity index (χ1n) is 6.53. The van der Waals surface area contributed by atoms with Gasteiger partial charge in [0.1, 0.15) is 10.9 Å². The third-order valence-electron chi connectivity index (χ3n) is 3.24. The molecule has 0 aliphatic heterocycles. The van der Waals surface area contributed by atoms with Crippen LogP contribution in [0, 0.1) is 0 Å². The Balaban J connectivity index is 2.91. The molecule has 0 saturated carbocycles. The monoisotopic (exact) mass is 327 g/mol. The lowest BCUT2D eigenvalue weighted by atomic mass is 10.0. The average Bonchev–Trinajstić information content (AvgIpc) is 2.43. The van der Waals surface area contributed by atoms with Crippen LogP contribution in [-0.4, -0.2) is 35.8 Å². The molecule has 1 aromatic carbocycles. The van der Waals surface area contributed by atoms with Crippen LogP contribution in [0.1, 0.15) is 31.9 Å². The molecule has 0 aromatic heterocycles. The maximum atomic E-state index is 12.0. The Morgan fingerprint density at radius 1 is 1.32 bits per heavy atom. The Morgan fingerprint density at radius 3 is 2.37 bits per heavy atom. The molecule has 0 amide bonds. The number of carbonyl (C=O) groups is 1. The van der Waals surface area contributed by atoms with Gasteiger partial charge in [-0.2, -0.15) is 0 Å². The highest BCUT2D eigenvalue weighted by molar-refractivity contribution is 9.10. The third kappa shape index (κ3) is 4.62. The van der Waals surface area contributed by atoms with Gasteiger partial charge in [-0.15, -0.1) is 0 Å². The van der Waals surface area contributed by atoms with Gasteiger partial charge in [-0.05, 0) is 33.0 Å². The minimum absolute atomic E-state index is 0.114. The van der Waals surface area contributed by atoms with Crippen LogP contribution < -0.4 is 0 Å². The number of esters is 1. The number of halogens is 1. The molecule has 0 spiro atoms. The molecule has 0 radical (unpaired) electrons. The molecule has 1 aromatic rings. The van der Waals surface area contributed by atoms with E-state index in [1.54, 1.807) is 0 Å². The largest absolute Gasteiger partial charge is 0.455 e. The maximum absolute atomic E-state index is 12.0. The predicted octanol–water partition coefficient (Wildman–Crippen LogP) is 3.39. The molecule has 0 N–H and O–H groups in total. The number of ether oxygens (including phenoxy) is 1. The van der Waals surface area contributed by atoms with Gasteiger partial charge in [0.15, 0.2) is 0 Å². The highest BCUT2D eigenvalue weighted by Crippen LogP contribution is 2.25. The van der Waals surface area contributed by atoms with E-state index in [-0.39, 0.29) is 22.9 Å². The Morgan fingerprint density at radius 2 is 1.89 bits per heavy atom. The van der Waals surface area contributed by atoms with Crippen LogP contribution in [0.5, 0.6) is 0 Å². The summed E-state index contributed by atoms with van der Waals surface area (Å²) in [5, 5.41) is 0. The first-order chi connectivity index (χ1) is 8.97. The lowest BCUT2D eigenvalue weighted by Gasteiger charge is -2.30. The second-order valence-corrected chi connectivity index (χ2v) is 5.95. The van der Waals surface area contributed by atoms with Crippen molar-refractivity contribution < 1.29 is 9.53 Å². The first-order valence-corrected chi connectivity index (χ1v) is 7.44. The number of hydrogen-bond acceptors (Lipinski definition) is 3. The molecule has 3 nitrogen and oxygen atoms in total. The van der Waals surface area contributed by atoms with Gasteiger partial charge in [0.05, 0.1) is 0 Å². The van der Waals surface area contributed by atoms with Gasteiger partial charge in [0.2, 0.25) is 0 Å². The number of nitrogens with zero attached hydrogens (tertiary/aromatic N) is 1. The standard InChI is InChI=1S/C15H22BrNO2/c1-5-13(16)15(18)19-14(11(2)17(3)4)12-9-7-6-8-10-12/h6-11,13-14H,5H2,1-4H3/t11-,13-,14?/m0/s1. The van der Waals surface area contributed by atoms with Crippen molar-refractivity contribution in [2.75, 3.05) is 14.1 Å². The fourth-order valence-electron chi connectivity index (χ4n) is 1.72. The van der Waals surface area contributed by atoms with Crippen molar-refractivity contribution in [3.63, 3.8) is 0 Å². The summed E-state index contributed by atoms with van der Waals surface area (Å²) in [6.07, 6.45) is 0.465. The van der Waals surface area contributed by atoms with Crippen LogP contribution in [0.3, 0.4) is 0 Å². The summed E-state index contributed by atoms with van der Waals surface area (Å²) in [6, 6.07) is 9.99. The van der Waals surface area contributed by atoms with Crippen LogP contribution in [0.4, 0.5) is 0 Å². The van der Waals surface area contributed by atoms with E-state index in [9.17, 15) is 4.79 Å². The number of rotatable bonds is 6. The Labute approximate surface area is 124 Å². The zero-order valence-corrected chi connectivity index (χ0v) is 13.6. The van der Waals surface area contributed by atoms with Gasteiger partial charge in [-0.25, -0.2) is 0 Å². The van der Waals surface area contributed by atoms with E-state index in [0.717, 1.165) is 12.0 Å². The molecule has 0 bridgehead atoms. The van der Waals surface area contributed by atoms with Gasteiger partial charge >= 0.3 is 5.97 Å². The number of likely N-dealkylation sites (N-methyl/N-ethyl adjacent to an activating group) is 1. The van der Waals surface area contributed by atoms with Gasteiger partial charge in [0, 0.05) is 6.04 Å². The summed E-state index contributed by atoms with van der Waals surface area (Å²) < 4.78 is 5.68. The van der Waals surface area contributed by atoms with E-state index >= 15 is 0 Å². The van der Waals surface area contributed by atoms with Crippen LogP contribution in [0.2, 0.25) is 0 Å². The van der Waals surface area contributed by atoms with Gasteiger partial charge in [-0.3, -0.25) is 4.79 Å². The second-order valence-electron chi connectivity index (χ2n) is 4.85. The van der Waals surface area contributed by atoms with E-state index in [0.29, 0.717) is 0 Å². The molecule has 0 aliphatic carbocycles. The molecule has 0 aliphatic rings. The third-order valence-corrected chi connectivity index (χ3v) is 4.26. The molecule has 4 heteroatoms. The molecule has 3 atom stereocenters. The van der Waals surface area contributed by atoms with Crippen molar-refractivity contribution in [3.8, 4) is 0 Å². The summed E-state index contributed by atoms with van der Waals surface area (Å²) in [5.74, 6) is -0.204. The fraction of sp³-hybridized carbons (Fsp3) is 0.533. The molecule has 106 valence electrons. The number of alkyl halides is 1. The SMILES string of the molecule is CC[C@H](Br)C(=O)OC(c1ccccc1)[C@H](C)N(C)C. The topological polar surface area (TPSA) is 29.5 Å². The average molecular weight is 328 g/mol. The minimum Gasteiger partial charge on any atom is -0.455 e. The zero-order valence-electron chi connectivity index (χ0n) is 12.0. The molecule has 0 heterocycles. The summed E-state index contributed by atoms with van der Waals surface area (Å²) >= 11 is 3.34. The highest BCUT2D eigenvalue weighted by atomic mass is 79.9. The van der Waals surface area contributed by atoms with Crippen LogP contribution in [0.25, 0.3) is 0 Å². The number of carbonyl (C=O) groups excluding carboxylic acids is 1. The quantitative estimate of drug-likeness (QED) is 0.592. The summed E-state index contributed by atoms with van der Waals surface area (Å²) in [4.78, 5) is 13.8. The van der Waals surface area contributed by atoms with E-state index in [2.05, 4.69) is 27.8 Å². The molecule has 0 fully saturated rings. The van der Waals surface area contributed by atoms with E-state index in [1.165, 1.54) is 0 Å². The number of hydrogen-bond donors (Lipinski definition) is 0. The zero-order chi connectivity index (χ0) is 14.4. The Bertz CT molecular complexity index is 394. The normalized spacial score (nSPS) is 15.9.